The maximum Gasteiger partial charge on any atom is 0.247 e. The highest BCUT2D eigenvalue weighted by Gasteiger charge is 2.19. The molecular weight excluding hydrogens is 410 g/mol. The molecule has 2 aromatic rings. The van der Waals surface area contributed by atoms with E-state index in [0.717, 1.165) is 46.4 Å². The van der Waals surface area contributed by atoms with Crippen molar-refractivity contribution >= 4 is 50.8 Å². The lowest BCUT2D eigenvalue weighted by atomic mass is 10.2. The summed E-state index contributed by atoms with van der Waals surface area (Å²) in [6, 6.07) is 4.78. The van der Waals surface area contributed by atoms with Gasteiger partial charge in [-0.2, -0.15) is 0 Å². The van der Waals surface area contributed by atoms with E-state index >= 15 is 0 Å². The van der Waals surface area contributed by atoms with Crippen LogP contribution in [-0.4, -0.2) is 48.1 Å². The first-order valence-electron chi connectivity index (χ1n) is 9.33. The number of hydrogen-bond acceptors (Lipinski definition) is 7. The van der Waals surface area contributed by atoms with Crippen molar-refractivity contribution in [1.82, 2.24) is 10.3 Å². The van der Waals surface area contributed by atoms with Crippen LogP contribution in [0.4, 0.5) is 5.69 Å². The van der Waals surface area contributed by atoms with E-state index in [1.807, 2.05) is 12.1 Å². The molecule has 1 unspecified atom stereocenters. The number of anilines is 1. The third-order valence-electron chi connectivity index (χ3n) is 4.13. The van der Waals surface area contributed by atoms with Gasteiger partial charge in [-0.15, -0.1) is 23.7 Å². The molecule has 2 heterocycles. The summed E-state index contributed by atoms with van der Waals surface area (Å²) in [6.45, 7) is 2.87. The van der Waals surface area contributed by atoms with Crippen molar-refractivity contribution in [2.24, 2.45) is 0 Å². The number of hydrogen-bond donors (Lipinski definition) is 2. The highest BCUT2D eigenvalue weighted by atomic mass is 32.2. The van der Waals surface area contributed by atoms with Crippen molar-refractivity contribution in [2.75, 3.05) is 24.3 Å². The molecule has 3 rings (SSSR count). The normalized spacial score (nSPS) is 15.6. The number of carbonyl (C=O) groups is 2. The lowest BCUT2D eigenvalue weighted by molar-refractivity contribution is -0.178. The lowest BCUT2D eigenvalue weighted by Crippen LogP contribution is -2.42. The summed E-state index contributed by atoms with van der Waals surface area (Å²) >= 11 is 3.24. The Morgan fingerprint density at radius 3 is 2.93 bits per heavy atom. The van der Waals surface area contributed by atoms with Crippen LogP contribution in [0.2, 0.25) is 0 Å². The Balaban J connectivity index is 1.58. The summed E-state index contributed by atoms with van der Waals surface area (Å²) in [4.78, 5) is 28.3. The minimum Gasteiger partial charge on any atom is -0.353 e. The van der Waals surface area contributed by atoms with Crippen LogP contribution in [0.15, 0.2) is 22.5 Å². The standard InChI is InChI=1S/C20H23N3O4S2/c1-3-5-16(21-13(2)24)19(25)22-14-6-7-15-17(12-14)29-20(23-15)28-11-8-18-26-9-4-10-27-18/h1,6-7,12,16,18H,4-5,8-11H2,2H3,(H,21,24)(H,22,25). The molecule has 7 nitrogen and oxygen atoms in total. The van der Waals surface area contributed by atoms with Gasteiger partial charge in [0.05, 0.1) is 23.4 Å². The summed E-state index contributed by atoms with van der Waals surface area (Å²) in [5.74, 6) is 2.63. The van der Waals surface area contributed by atoms with Gasteiger partial charge < -0.3 is 20.1 Å². The molecule has 0 spiro atoms. The third-order valence-corrected chi connectivity index (χ3v) is 6.32. The number of ether oxygens (including phenoxy) is 2. The van der Waals surface area contributed by atoms with Crippen molar-refractivity contribution in [3.05, 3.63) is 18.2 Å². The molecule has 1 fully saturated rings. The SMILES string of the molecule is C#CCC(NC(C)=O)C(=O)Nc1ccc2nc(SCCC3OCCCO3)sc2c1. The molecule has 2 N–H and O–H groups in total. The first-order chi connectivity index (χ1) is 14.0. The van der Waals surface area contributed by atoms with Crippen LogP contribution >= 0.6 is 23.1 Å². The number of nitrogens with one attached hydrogen (secondary N) is 2. The van der Waals surface area contributed by atoms with Crippen LogP contribution in [0, 0.1) is 12.3 Å². The molecule has 1 atom stereocenters. The maximum atomic E-state index is 12.4. The highest BCUT2D eigenvalue weighted by molar-refractivity contribution is 8.01. The van der Waals surface area contributed by atoms with Crippen LogP contribution in [0.1, 0.15) is 26.2 Å². The number of benzene rings is 1. The molecule has 2 amide bonds. The quantitative estimate of drug-likeness (QED) is 0.491. The molecular formula is C20H23N3O4S2. The maximum absolute atomic E-state index is 12.4. The van der Waals surface area contributed by atoms with Crippen LogP contribution in [0.5, 0.6) is 0 Å². The molecule has 0 aliphatic carbocycles. The first-order valence-corrected chi connectivity index (χ1v) is 11.1. The van der Waals surface area contributed by atoms with E-state index in [0.29, 0.717) is 5.69 Å². The number of thioether (sulfide) groups is 1. The molecule has 9 heteroatoms. The number of carbonyl (C=O) groups excluding carboxylic acids is 2. The summed E-state index contributed by atoms with van der Waals surface area (Å²) in [7, 11) is 0. The van der Waals surface area contributed by atoms with Gasteiger partial charge in [0.25, 0.3) is 0 Å². The number of nitrogens with zero attached hydrogens (tertiary/aromatic N) is 1. The molecule has 1 aromatic carbocycles. The molecule has 1 aromatic heterocycles. The van der Waals surface area contributed by atoms with Gasteiger partial charge in [-0.25, -0.2) is 4.98 Å². The van der Waals surface area contributed by atoms with Gasteiger partial charge in [0.15, 0.2) is 10.6 Å². The monoisotopic (exact) mass is 433 g/mol. The Kier molecular flexibility index (Phi) is 7.89. The smallest absolute Gasteiger partial charge is 0.247 e. The van der Waals surface area contributed by atoms with Crippen molar-refractivity contribution in [3.8, 4) is 12.3 Å². The second kappa shape index (κ2) is 10.6. The van der Waals surface area contributed by atoms with E-state index in [1.165, 1.54) is 6.92 Å². The second-order valence-electron chi connectivity index (χ2n) is 6.47. The Morgan fingerprint density at radius 2 is 2.21 bits per heavy atom. The van der Waals surface area contributed by atoms with Gasteiger partial charge in [-0.3, -0.25) is 9.59 Å². The zero-order chi connectivity index (χ0) is 20.6. The number of rotatable bonds is 8. The number of thiazole rings is 1. The number of fused-ring (bicyclic) bond motifs is 1. The van der Waals surface area contributed by atoms with Gasteiger partial charge in [0.1, 0.15) is 6.04 Å². The van der Waals surface area contributed by atoms with Crippen LogP contribution in [0.25, 0.3) is 10.2 Å². The Labute approximate surface area is 177 Å². The van der Waals surface area contributed by atoms with Crippen molar-refractivity contribution in [2.45, 2.75) is 42.9 Å². The van der Waals surface area contributed by atoms with E-state index in [4.69, 9.17) is 15.9 Å². The molecule has 1 aliphatic rings. The minimum atomic E-state index is -0.759. The number of terminal acetylenes is 1. The molecule has 0 saturated carbocycles. The van der Waals surface area contributed by atoms with E-state index in [-0.39, 0.29) is 24.5 Å². The van der Waals surface area contributed by atoms with Gasteiger partial charge >= 0.3 is 0 Å². The summed E-state index contributed by atoms with van der Waals surface area (Å²) in [5, 5.41) is 5.37. The molecule has 1 saturated heterocycles. The fourth-order valence-electron chi connectivity index (χ4n) is 2.79. The molecule has 0 bridgehead atoms. The summed E-state index contributed by atoms with van der Waals surface area (Å²) in [6.07, 6.45) is 7.08. The Hall–Kier alpha value is -2.12. The number of aromatic nitrogens is 1. The lowest BCUT2D eigenvalue weighted by Gasteiger charge is -2.22. The second-order valence-corrected chi connectivity index (χ2v) is 8.85. The van der Waals surface area contributed by atoms with E-state index in [2.05, 4.69) is 21.5 Å². The van der Waals surface area contributed by atoms with Crippen LogP contribution in [0.3, 0.4) is 0 Å². The minimum absolute atomic E-state index is 0.119. The number of amides is 2. The van der Waals surface area contributed by atoms with E-state index < -0.39 is 6.04 Å². The predicted molar refractivity (Wildman–Crippen MR) is 115 cm³/mol. The van der Waals surface area contributed by atoms with Crippen LogP contribution < -0.4 is 10.6 Å². The third kappa shape index (κ3) is 6.44. The average molecular weight is 434 g/mol. The summed E-state index contributed by atoms with van der Waals surface area (Å²) in [5.41, 5.74) is 1.52. The van der Waals surface area contributed by atoms with Gasteiger partial charge in [0.2, 0.25) is 11.8 Å². The molecule has 0 radical (unpaired) electrons. The fraction of sp³-hybridized carbons (Fsp3) is 0.450. The average Bonchev–Trinajstić information content (AvgIpc) is 3.10. The predicted octanol–water partition coefficient (Wildman–Crippen LogP) is 3.01. The molecule has 154 valence electrons. The van der Waals surface area contributed by atoms with Crippen LogP contribution in [-0.2, 0) is 19.1 Å². The fourth-order valence-corrected chi connectivity index (χ4v) is 4.93. The Morgan fingerprint density at radius 1 is 1.41 bits per heavy atom. The summed E-state index contributed by atoms with van der Waals surface area (Å²) < 4.78 is 13.0. The topological polar surface area (TPSA) is 89.6 Å². The largest absolute Gasteiger partial charge is 0.353 e. The van der Waals surface area contributed by atoms with Gasteiger partial charge in [0, 0.05) is 31.2 Å². The molecule has 1 aliphatic heterocycles. The highest BCUT2D eigenvalue weighted by Crippen LogP contribution is 2.32. The molecule has 29 heavy (non-hydrogen) atoms. The van der Waals surface area contributed by atoms with Crippen molar-refractivity contribution < 1.29 is 19.1 Å². The van der Waals surface area contributed by atoms with Gasteiger partial charge in [-0.05, 0) is 24.6 Å². The first kappa shape index (κ1) is 21.6. The zero-order valence-corrected chi connectivity index (χ0v) is 17.7. The van der Waals surface area contributed by atoms with Crippen molar-refractivity contribution in [1.29, 1.82) is 0 Å². The Bertz CT molecular complexity index is 903. The zero-order valence-electron chi connectivity index (χ0n) is 16.1. The van der Waals surface area contributed by atoms with E-state index in [1.54, 1.807) is 29.2 Å². The van der Waals surface area contributed by atoms with E-state index in [9.17, 15) is 9.59 Å². The van der Waals surface area contributed by atoms with Crippen molar-refractivity contribution in [3.63, 3.8) is 0 Å². The van der Waals surface area contributed by atoms with Gasteiger partial charge in [-0.1, -0.05) is 11.8 Å².